The van der Waals surface area contributed by atoms with Crippen LogP contribution in [0.25, 0.3) is 0 Å². The van der Waals surface area contributed by atoms with Crippen LogP contribution < -0.4 is 11.4 Å². The largest absolute Gasteiger partial charge is 0.399 e. The Labute approximate surface area is 112 Å². The number of nitrogens with two attached hydrogens (primary N) is 1. The highest BCUT2D eigenvalue weighted by Crippen LogP contribution is 2.37. The number of nitrogens with zero attached hydrogens (tertiary/aromatic N) is 3. The molecule has 1 aliphatic carbocycles. The van der Waals surface area contributed by atoms with Crippen molar-refractivity contribution in [2.75, 3.05) is 5.73 Å². The Balaban J connectivity index is 1.94. The van der Waals surface area contributed by atoms with Crippen LogP contribution in [0.5, 0.6) is 0 Å². The summed E-state index contributed by atoms with van der Waals surface area (Å²) in [7, 11) is 0. The monoisotopic (exact) mass is 283 g/mol. The molecule has 0 atom stereocenters. The SMILES string of the molecule is Nc1cc(Cl)nc(Sc2n[nH]c(=O)n2C2CC2)c1. The lowest BCUT2D eigenvalue weighted by molar-refractivity contribution is 0.642. The first-order valence-corrected chi connectivity index (χ1v) is 6.61. The fraction of sp³-hybridized carbons (Fsp3) is 0.300. The average molecular weight is 284 g/mol. The van der Waals surface area contributed by atoms with Gasteiger partial charge in [-0.05, 0) is 36.7 Å². The van der Waals surface area contributed by atoms with Gasteiger partial charge in [0, 0.05) is 11.7 Å². The quantitative estimate of drug-likeness (QED) is 0.837. The Morgan fingerprint density at radius 2 is 2.28 bits per heavy atom. The van der Waals surface area contributed by atoms with Crippen molar-refractivity contribution >= 4 is 29.1 Å². The summed E-state index contributed by atoms with van der Waals surface area (Å²) in [4.78, 5) is 15.7. The van der Waals surface area contributed by atoms with Crippen LogP contribution in [0.4, 0.5) is 5.69 Å². The molecule has 0 aliphatic heterocycles. The Kier molecular flexibility index (Phi) is 2.79. The maximum atomic E-state index is 11.6. The van der Waals surface area contributed by atoms with E-state index in [4.69, 9.17) is 17.3 Å². The maximum absolute atomic E-state index is 11.6. The first-order valence-electron chi connectivity index (χ1n) is 5.41. The van der Waals surface area contributed by atoms with E-state index in [0.29, 0.717) is 21.0 Å². The normalized spacial score (nSPS) is 14.9. The number of hydrogen-bond donors (Lipinski definition) is 2. The minimum Gasteiger partial charge on any atom is -0.399 e. The molecule has 3 N–H and O–H groups in total. The second-order valence-corrected chi connectivity index (χ2v) is 5.45. The molecule has 1 saturated carbocycles. The number of nitrogen functional groups attached to an aromatic ring is 1. The Morgan fingerprint density at radius 1 is 1.50 bits per heavy atom. The van der Waals surface area contributed by atoms with Crippen molar-refractivity contribution < 1.29 is 0 Å². The number of aromatic amines is 1. The molecular weight excluding hydrogens is 274 g/mol. The van der Waals surface area contributed by atoms with Crippen LogP contribution in [0.1, 0.15) is 18.9 Å². The van der Waals surface area contributed by atoms with Crippen LogP contribution in [-0.2, 0) is 0 Å². The second-order valence-electron chi connectivity index (χ2n) is 4.08. The van der Waals surface area contributed by atoms with Crippen LogP contribution in [0.2, 0.25) is 5.15 Å². The Morgan fingerprint density at radius 3 is 2.94 bits per heavy atom. The van der Waals surface area contributed by atoms with Crippen molar-refractivity contribution in [3.63, 3.8) is 0 Å². The smallest absolute Gasteiger partial charge is 0.344 e. The standard InChI is InChI=1S/C10H10ClN5OS/c11-7-3-5(12)4-8(13-7)18-10-15-14-9(17)16(10)6-1-2-6/h3-4,6H,1-2H2,(H2,12,13)(H,14,17). The number of H-pyrrole nitrogens is 1. The summed E-state index contributed by atoms with van der Waals surface area (Å²) in [6.45, 7) is 0. The van der Waals surface area contributed by atoms with Crippen LogP contribution >= 0.6 is 23.4 Å². The Hall–Kier alpha value is -1.47. The Bertz CT molecular complexity index is 628. The first kappa shape index (κ1) is 11.6. The molecule has 0 saturated heterocycles. The first-order chi connectivity index (χ1) is 8.63. The number of halogens is 1. The van der Waals surface area contributed by atoms with Gasteiger partial charge in [0.05, 0.1) is 0 Å². The van der Waals surface area contributed by atoms with E-state index in [0.717, 1.165) is 12.8 Å². The third-order valence-electron chi connectivity index (χ3n) is 2.57. The lowest BCUT2D eigenvalue weighted by Crippen LogP contribution is -2.16. The van der Waals surface area contributed by atoms with E-state index < -0.39 is 0 Å². The topological polar surface area (TPSA) is 89.6 Å². The van der Waals surface area contributed by atoms with Crippen molar-refractivity contribution in [1.29, 1.82) is 0 Å². The summed E-state index contributed by atoms with van der Waals surface area (Å²) in [6.07, 6.45) is 2.02. The second kappa shape index (κ2) is 4.33. The third-order valence-corrected chi connectivity index (χ3v) is 3.66. The zero-order valence-corrected chi connectivity index (χ0v) is 10.8. The number of hydrogen-bond acceptors (Lipinski definition) is 5. The van der Waals surface area contributed by atoms with Crippen LogP contribution in [0.3, 0.4) is 0 Å². The van der Waals surface area contributed by atoms with E-state index in [2.05, 4.69) is 15.2 Å². The summed E-state index contributed by atoms with van der Waals surface area (Å²) in [5.74, 6) is 0. The molecule has 1 aliphatic rings. The highest BCUT2D eigenvalue weighted by molar-refractivity contribution is 7.99. The molecule has 0 radical (unpaired) electrons. The summed E-state index contributed by atoms with van der Waals surface area (Å²) < 4.78 is 1.66. The predicted octanol–water partition coefficient (Wildman–Crippen LogP) is 1.69. The summed E-state index contributed by atoms with van der Waals surface area (Å²) in [5, 5.41) is 8.00. The van der Waals surface area contributed by atoms with Gasteiger partial charge in [0.15, 0.2) is 5.16 Å². The van der Waals surface area contributed by atoms with Crippen LogP contribution in [-0.4, -0.2) is 19.7 Å². The molecule has 6 nitrogen and oxygen atoms in total. The molecule has 94 valence electrons. The fourth-order valence-electron chi connectivity index (χ4n) is 1.65. The zero-order valence-electron chi connectivity index (χ0n) is 9.26. The molecule has 0 bridgehead atoms. The van der Waals surface area contributed by atoms with E-state index in [1.165, 1.54) is 11.8 Å². The van der Waals surface area contributed by atoms with Gasteiger partial charge in [-0.25, -0.2) is 14.9 Å². The number of nitrogens with one attached hydrogen (secondary N) is 1. The van der Waals surface area contributed by atoms with E-state index in [1.807, 2.05) is 0 Å². The highest BCUT2D eigenvalue weighted by Gasteiger charge is 2.28. The molecular formula is C10H10ClN5OS. The van der Waals surface area contributed by atoms with Gasteiger partial charge < -0.3 is 5.73 Å². The third kappa shape index (κ3) is 2.23. The lowest BCUT2D eigenvalue weighted by Gasteiger charge is -2.03. The molecule has 3 rings (SSSR count). The molecule has 2 aromatic rings. The molecule has 0 aromatic carbocycles. The minimum absolute atomic E-state index is 0.185. The van der Waals surface area contributed by atoms with Gasteiger partial charge in [-0.2, -0.15) is 0 Å². The van der Waals surface area contributed by atoms with Crippen molar-refractivity contribution in [1.82, 2.24) is 19.7 Å². The molecule has 0 amide bonds. The van der Waals surface area contributed by atoms with Crippen molar-refractivity contribution in [2.24, 2.45) is 0 Å². The van der Waals surface area contributed by atoms with Gasteiger partial charge in [0.25, 0.3) is 0 Å². The van der Waals surface area contributed by atoms with Gasteiger partial charge in [-0.3, -0.25) is 4.57 Å². The molecule has 0 spiro atoms. The lowest BCUT2D eigenvalue weighted by atomic mass is 10.4. The van der Waals surface area contributed by atoms with E-state index in [9.17, 15) is 4.79 Å². The maximum Gasteiger partial charge on any atom is 0.344 e. The summed E-state index contributed by atoms with van der Waals surface area (Å²) >= 11 is 7.11. The minimum atomic E-state index is -0.185. The van der Waals surface area contributed by atoms with Gasteiger partial charge in [0.2, 0.25) is 0 Å². The van der Waals surface area contributed by atoms with Gasteiger partial charge in [0.1, 0.15) is 10.2 Å². The molecule has 1 fully saturated rings. The van der Waals surface area contributed by atoms with E-state index >= 15 is 0 Å². The number of pyridine rings is 1. The van der Waals surface area contributed by atoms with Gasteiger partial charge in [-0.15, -0.1) is 5.10 Å². The summed E-state index contributed by atoms with van der Waals surface area (Å²) in [6, 6.07) is 3.53. The van der Waals surface area contributed by atoms with Crippen molar-refractivity contribution in [3.8, 4) is 0 Å². The number of rotatable bonds is 3. The number of aromatic nitrogens is 4. The molecule has 2 aromatic heterocycles. The molecule has 8 heteroatoms. The van der Waals surface area contributed by atoms with E-state index in [-0.39, 0.29) is 11.7 Å². The zero-order chi connectivity index (χ0) is 12.7. The fourth-order valence-corrected chi connectivity index (χ4v) is 2.87. The van der Waals surface area contributed by atoms with Gasteiger partial charge >= 0.3 is 5.69 Å². The predicted molar refractivity (Wildman–Crippen MR) is 68.9 cm³/mol. The van der Waals surface area contributed by atoms with Crippen LogP contribution in [0.15, 0.2) is 27.1 Å². The van der Waals surface area contributed by atoms with Gasteiger partial charge in [-0.1, -0.05) is 11.6 Å². The average Bonchev–Trinajstić information content (AvgIpc) is 3.04. The van der Waals surface area contributed by atoms with Crippen molar-refractivity contribution in [2.45, 2.75) is 29.1 Å². The number of anilines is 1. The molecule has 0 unspecified atom stereocenters. The molecule has 18 heavy (non-hydrogen) atoms. The summed E-state index contributed by atoms with van der Waals surface area (Å²) in [5.41, 5.74) is 6.04. The molecule has 2 heterocycles. The van der Waals surface area contributed by atoms with E-state index in [1.54, 1.807) is 16.7 Å². The highest BCUT2D eigenvalue weighted by atomic mass is 35.5. The van der Waals surface area contributed by atoms with Crippen LogP contribution in [0, 0.1) is 0 Å². The van der Waals surface area contributed by atoms with Crippen molar-refractivity contribution in [3.05, 3.63) is 27.8 Å².